The molecular weight excluding hydrogens is 275 g/mol. The number of hydrogen-bond acceptors (Lipinski definition) is 4. The fourth-order valence-electron chi connectivity index (χ4n) is 2.06. The van der Waals surface area contributed by atoms with E-state index < -0.39 is 0 Å². The van der Waals surface area contributed by atoms with Gasteiger partial charge in [0.05, 0.1) is 17.8 Å². The van der Waals surface area contributed by atoms with E-state index in [2.05, 4.69) is 37.6 Å². The molecule has 0 aliphatic carbocycles. The fourth-order valence-corrected chi connectivity index (χ4v) is 2.06. The highest BCUT2D eigenvalue weighted by atomic mass is 35.5. The van der Waals surface area contributed by atoms with E-state index in [1.807, 2.05) is 6.20 Å². The number of aromatic amines is 2. The first-order valence-electron chi connectivity index (χ1n) is 5.52. The summed E-state index contributed by atoms with van der Waals surface area (Å²) in [4.78, 5) is 4.48. The number of hydrogen-bond donors (Lipinski definition) is 3. The van der Waals surface area contributed by atoms with Gasteiger partial charge in [0.2, 0.25) is 0 Å². The first-order chi connectivity index (χ1) is 7.88. The molecule has 1 unspecified atom stereocenters. The van der Waals surface area contributed by atoms with Crippen molar-refractivity contribution in [2.24, 2.45) is 0 Å². The highest BCUT2D eigenvalue weighted by Gasteiger charge is 2.26. The minimum atomic E-state index is 0. The zero-order valence-corrected chi connectivity index (χ0v) is 11.6. The molecule has 18 heavy (non-hydrogen) atoms. The summed E-state index contributed by atoms with van der Waals surface area (Å²) in [5.74, 6) is 1.96. The van der Waals surface area contributed by atoms with E-state index in [1.165, 1.54) is 5.56 Å². The fraction of sp³-hybridized carbons (Fsp3) is 0.500. The lowest BCUT2D eigenvalue weighted by Crippen LogP contribution is -2.29. The number of fused-ring (bicyclic) bond motifs is 1. The molecule has 1 aliphatic rings. The largest absolute Gasteiger partial charge is 0.311 e. The summed E-state index contributed by atoms with van der Waals surface area (Å²) < 4.78 is 0. The first kappa shape index (κ1) is 14.9. The molecule has 3 heterocycles. The lowest BCUT2D eigenvalue weighted by Gasteiger charge is -2.19. The summed E-state index contributed by atoms with van der Waals surface area (Å²) in [6.07, 6.45) is 2.74. The Bertz CT molecular complexity index is 494. The van der Waals surface area contributed by atoms with Crippen LogP contribution in [0.5, 0.6) is 0 Å². The first-order valence-corrected chi connectivity index (χ1v) is 5.52. The quantitative estimate of drug-likeness (QED) is 0.775. The molecule has 0 radical (unpaired) electrons. The summed E-state index contributed by atoms with van der Waals surface area (Å²) in [7, 11) is 0. The SMILES string of the molecule is CCc1nc(C2CNCc3cn[nH]c32)n[nH]1.Cl.Cl. The van der Waals surface area contributed by atoms with Crippen molar-refractivity contribution in [3.05, 3.63) is 29.1 Å². The van der Waals surface area contributed by atoms with Crippen molar-refractivity contribution in [3.63, 3.8) is 0 Å². The minimum Gasteiger partial charge on any atom is -0.311 e. The van der Waals surface area contributed by atoms with Crippen molar-refractivity contribution in [2.45, 2.75) is 25.8 Å². The van der Waals surface area contributed by atoms with Crippen LogP contribution in [0.1, 0.15) is 35.7 Å². The van der Waals surface area contributed by atoms with Crippen LogP contribution in [-0.2, 0) is 13.0 Å². The van der Waals surface area contributed by atoms with E-state index in [1.54, 1.807) is 0 Å². The molecular formula is C10H16Cl2N6. The Labute approximate surface area is 117 Å². The average molecular weight is 291 g/mol. The van der Waals surface area contributed by atoms with Crippen LogP contribution in [0.25, 0.3) is 0 Å². The molecule has 1 aliphatic heterocycles. The van der Waals surface area contributed by atoms with Crippen molar-refractivity contribution in [1.82, 2.24) is 30.7 Å². The number of halogens is 2. The second kappa shape index (κ2) is 6.17. The maximum atomic E-state index is 4.48. The maximum Gasteiger partial charge on any atom is 0.160 e. The van der Waals surface area contributed by atoms with E-state index in [-0.39, 0.29) is 30.7 Å². The second-order valence-corrected chi connectivity index (χ2v) is 3.99. The van der Waals surface area contributed by atoms with Crippen LogP contribution >= 0.6 is 24.8 Å². The van der Waals surface area contributed by atoms with Crippen molar-refractivity contribution >= 4 is 24.8 Å². The summed E-state index contributed by atoms with van der Waals surface area (Å²) in [6, 6.07) is 0. The van der Waals surface area contributed by atoms with Gasteiger partial charge in [-0.1, -0.05) is 6.92 Å². The second-order valence-electron chi connectivity index (χ2n) is 3.99. The van der Waals surface area contributed by atoms with Gasteiger partial charge < -0.3 is 5.32 Å². The highest BCUT2D eigenvalue weighted by molar-refractivity contribution is 5.85. The molecule has 3 N–H and O–H groups in total. The lowest BCUT2D eigenvalue weighted by molar-refractivity contribution is 0.564. The Morgan fingerprint density at radius 2 is 2.17 bits per heavy atom. The summed E-state index contributed by atoms with van der Waals surface area (Å²) in [5.41, 5.74) is 2.35. The molecule has 3 rings (SSSR count). The van der Waals surface area contributed by atoms with Gasteiger partial charge in [-0.3, -0.25) is 10.2 Å². The monoisotopic (exact) mass is 290 g/mol. The number of rotatable bonds is 2. The zero-order chi connectivity index (χ0) is 11.0. The van der Waals surface area contributed by atoms with Gasteiger partial charge in [0.15, 0.2) is 5.82 Å². The normalized spacial score (nSPS) is 17.5. The van der Waals surface area contributed by atoms with Crippen molar-refractivity contribution in [3.8, 4) is 0 Å². The summed E-state index contributed by atoms with van der Waals surface area (Å²) in [6.45, 7) is 3.79. The summed E-state index contributed by atoms with van der Waals surface area (Å²) >= 11 is 0. The molecule has 2 aromatic heterocycles. The number of nitrogens with one attached hydrogen (secondary N) is 3. The van der Waals surface area contributed by atoms with Gasteiger partial charge in [0, 0.05) is 25.1 Å². The van der Waals surface area contributed by atoms with Gasteiger partial charge in [-0.05, 0) is 0 Å². The molecule has 0 aromatic carbocycles. The Balaban J connectivity index is 0.000000810. The maximum absolute atomic E-state index is 4.48. The molecule has 100 valence electrons. The summed E-state index contributed by atoms with van der Waals surface area (Å²) in [5, 5.41) is 17.7. The molecule has 0 amide bonds. The number of nitrogens with zero attached hydrogens (tertiary/aromatic N) is 3. The zero-order valence-electron chi connectivity index (χ0n) is 9.93. The van der Waals surface area contributed by atoms with Crippen molar-refractivity contribution in [1.29, 1.82) is 0 Å². The van der Waals surface area contributed by atoms with E-state index in [0.29, 0.717) is 0 Å². The predicted octanol–water partition coefficient (Wildman–Crippen LogP) is 1.17. The molecule has 0 bridgehead atoms. The Hall–Kier alpha value is -1.11. The van der Waals surface area contributed by atoms with Crippen LogP contribution < -0.4 is 5.32 Å². The van der Waals surface area contributed by atoms with E-state index >= 15 is 0 Å². The molecule has 0 spiro atoms. The van der Waals surface area contributed by atoms with Crippen LogP contribution in [0.15, 0.2) is 6.20 Å². The molecule has 8 heteroatoms. The van der Waals surface area contributed by atoms with Gasteiger partial charge >= 0.3 is 0 Å². The molecule has 0 saturated heterocycles. The Morgan fingerprint density at radius 3 is 2.89 bits per heavy atom. The third-order valence-electron chi connectivity index (χ3n) is 2.96. The highest BCUT2D eigenvalue weighted by Crippen LogP contribution is 2.25. The van der Waals surface area contributed by atoms with Crippen LogP contribution in [-0.4, -0.2) is 31.9 Å². The van der Waals surface area contributed by atoms with E-state index in [9.17, 15) is 0 Å². The topological polar surface area (TPSA) is 82.3 Å². The van der Waals surface area contributed by atoms with Crippen LogP contribution in [0.4, 0.5) is 0 Å². The molecule has 1 atom stereocenters. The number of H-pyrrole nitrogens is 2. The third kappa shape index (κ3) is 2.50. The van der Waals surface area contributed by atoms with Gasteiger partial charge in [-0.15, -0.1) is 24.8 Å². The lowest BCUT2D eigenvalue weighted by atomic mass is 9.97. The Morgan fingerprint density at radius 1 is 1.33 bits per heavy atom. The minimum absolute atomic E-state index is 0. The predicted molar refractivity (Wildman–Crippen MR) is 72.4 cm³/mol. The van der Waals surface area contributed by atoms with Crippen molar-refractivity contribution < 1.29 is 0 Å². The van der Waals surface area contributed by atoms with E-state index in [4.69, 9.17) is 0 Å². The van der Waals surface area contributed by atoms with Crippen LogP contribution in [0, 0.1) is 0 Å². The number of aromatic nitrogens is 5. The van der Waals surface area contributed by atoms with Gasteiger partial charge in [0.1, 0.15) is 5.82 Å². The average Bonchev–Trinajstić information content (AvgIpc) is 2.97. The van der Waals surface area contributed by atoms with E-state index in [0.717, 1.165) is 36.9 Å². The third-order valence-corrected chi connectivity index (χ3v) is 2.96. The van der Waals surface area contributed by atoms with Crippen molar-refractivity contribution in [2.75, 3.05) is 6.54 Å². The van der Waals surface area contributed by atoms with Crippen LogP contribution in [0.3, 0.4) is 0 Å². The van der Waals surface area contributed by atoms with Gasteiger partial charge in [0.25, 0.3) is 0 Å². The standard InChI is InChI=1S/C10H14N6.2ClH/c1-2-8-13-10(16-14-8)7-5-11-3-6-4-12-15-9(6)7;;/h4,7,11H,2-3,5H2,1H3,(H,12,15)(H,13,14,16);2*1H. The molecule has 0 fully saturated rings. The number of aryl methyl sites for hydroxylation is 1. The van der Waals surface area contributed by atoms with Gasteiger partial charge in [-0.25, -0.2) is 4.98 Å². The molecule has 6 nitrogen and oxygen atoms in total. The van der Waals surface area contributed by atoms with Crippen LogP contribution in [0.2, 0.25) is 0 Å². The van der Waals surface area contributed by atoms with Gasteiger partial charge in [-0.2, -0.15) is 10.2 Å². The molecule has 2 aromatic rings. The molecule has 0 saturated carbocycles. The smallest absolute Gasteiger partial charge is 0.160 e. The Kier molecular flexibility index (Phi) is 5.13.